The lowest BCUT2D eigenvalue weighted by Gasteiger charge is -2.22. The van der Waals surface area contributed by atoms with Crippen molar-refractivity contribution < 1.29 is 5.11 Å². The predicted octanol–water partition coefficient (Wildman–Crippen LogP) is 2.80. The largest absolute Gasteiger partial charge is 0.392 e. The second-order valence-electron chi connectivity index (χ2n) is 5.69. The molecule has 100 valence electrons. The van der Waals surface area contributed by atoms with Crippen LogP contribution in [0, 0.1) is 5.92 Å². The zero-order chi connectivity index (χ0) is 11.9. The average Bonchev–Trinajstić information content (AvgIpc) is 2.83. The number of hydrogen-bond acceptors (Lipinski definition) is 3. The molecule has 3 heteroatoms. The average molecular weight is 257 g/mol. The van der Waals surface area contributed by atoms with E-state index in [4.69, 9.17) is 0 Å². The Kier molecular flexibility index (Phi) is 6.16. The summed E-state index contributed by atoms with van der Waals surface area (Å²) in [5, 5.41) is 14.2. The number of thioether (sulfide) groups is 1. The van der Waals surface area contributed by atoms with Crippen LogP contribution in [-0.2, 0) is 0 Å². The summed E-state index contributed by atoms with van der Waals surface area (Å²) >= 11 is 2.10. The van der Waals surface area contributed by atoms with E-state index in [-0.39, 0.29) is 6.10 Å². The summed E-state index contributed by atoms with van der Waals surface area (Å²) in [6.45, 7) is 1.89. The van der Waals surface area contributed by atoms with Crippen molar-refractivity contribution in [2.45, 2.75) is 62.7 Å². The highest BCUT2D eigenvalue weighted by atomic mass is 32.2. The minimum atomic E-state index is -0.119. The van der Waals surface area contributed by atoms with E-state index in [0.717, 1.165) is 30.7 Å². The molecule has 2 atom stereocenters. The lowest BCUT2D eigenvalue weighted by atomic mass is 10.00. The van der Waals surface area contributed by atoms with E-state index < -0.39 is 0 Å². The Bertz CT molecular complexity index is 200. The molecule has 1 aliphatic heterocycles. The van der Waals surface area contributed by atoms with Crippen LogP contribution in [0.15, 0.2) is 0 Å². The van der Waals surface area contributed by atoms with Gasteiger partial charge in [-0.25, -0.2) is 0 Å². The molecular formula is C14H27NOS. The van der Waals surface area contributed by atoms with E-state index in [2.05, 4.69) is 17.1 Å². The van der Waals surface area contributed by atoms with Crippen molar-refractivity contribution in [3.63, 3.8) is 0 Å². The number of hydrogen-bond donors (Lipinski definition) is 2. The molecule has 1 saturated carbocycles. The molecule has 2 nitrogen and oxygen atoms in total. The van der Waals surface area contributed by atoms with Crippen molar-refractivity contribution in [3.05, 3.63) is 0 Å². The van der Waals surface area contributed by atoms with Gasteiger partial charge in [0, 0.05) is 18.3 Å². The third kappa shape index (κ3) is 5.19. The van der Waals surface area contributed by atoms with Crippen molar-refractivity contribution in [1.29, 1.82) is 0 Å². The molecule has 0 aromatic heterocycles. The Morgan fingerprint density at radius 3 is 2.59 bits per heavy atom. The number of nitrogens with one attached hydrogen (secondary N) is 1. The summed E-state index contributed by atoms with van der Waals surface area (Å²) in [4.78, 5) is 0. The van der Waals surface area contributed by atoms with Gasteiger partial charge in [0.15, 0.2) is 0 Å². The third-order valence-electron chi connectivity index (χ3n) is 4.11. The molecule has 0 radical (unpaired) electrons. The van der Waals surface area contributed by atoms with Crippen LogP contribution in [0.4, 0.5) is 0 Å². The topological polar surface area (TPSA) is 32.3 Å². The van der Waals surface area contributed by atoms with Gasteiger partial charge in [0.2, 0.25) is 0 Å². The zero-order valence-corrected chi connectivity index (χ0v) is 11.7. The third-order valence-corrected chi connectivity index (χ3v) is 5.50. The molecule has 0 spiro atoms. The Morgan fingerprint density at radius 2 is 1.88 bits per heavy atom. The highest BCUT2D eigenvalue weighted by molar-refractivity contribution is 7.99. The summed E-state index contributed by atoms with van der Waals surface area (Å²) in [5.41, 5.74) is 0. The summed E-state index contributed by atoms with van der Waals surface area (Å²) in [6, 6.07) is 0. The van der Waals surface area contributed by atoms with Gasteiger partial charge in [-0.1, -0.05) is 32.1 Å². The molecule has 2 fully saturated rings. The molecule has 1 aliphatic carbocycles. The summed E-state index contributed by atoms with van der Waals surface area (Å²) < 4.78 is 0. The first-order valence-electron chi connectivity index (χ1n) is 7.35. The van der Waals surface area contributed by atoms with Gasteiger partial charge in [-0.3, -0.25) is 0 Å². The summed E-state index contributed by atoms with van der Waals surface area (Å²) in [6.07, 6.45) is 10.5. The van der Waals surface area contributed by atoms with Gasteiger partial charge in [0.05, 0.1) is 6.10 Å². The molecule has 2 unspecified atom stereocenters. The van der Waals surface area contributed by atoms with Crippen LogP contribution in [0.1, 0.15) is 51.4 Å². The van der Waals surface area contributed by atoms with E-state index >= 15 is 0 Å². The fourth-order valence-electron chi connectivity index (χ4n) is 3.09. The van der Waals surface area contributed by atoms with Crippen molar-refractivity contribution >= 4 is 11.8 Å². The lowest BCUT2D eigenvalue weighted by molar-refractivity contribution is 0.141. The highest BCUT2D eigenvalue weighted by Crippen LogP contribution is 2.28. The molecule has 1 saturated heterocycles. The second-order valence-corrected chi connectivity index (χ2v) is 7.10. The maximum atomic E-state index is 9.97. The predicted molar refractivity (Wildman–Crippen MR) is 75.5 cm³/mol. The van der Waals surface area contributed by atoms with Crippen molar-refractivity contribution in [3.8, 4) is 0 Å². The lowest BCUT2D eigenvalue weighted by Crippen LogP contribution is -2.33. The van der Waals surface area contributed by atoms with Crippen LogP contribution in [0.3, 0.4) is 0 Å². The second kappa shape index (κ2) is 7.65. The quantitative estimate of drug-likeness (QED) is 0.767. The van der Waals surface area contributed by atoms with Gasteiger partial charge >= 0.3 is 0 Å². The molecule has 2 rings (SSSR count). The first-order chi connectivity index (χ1) is 8.34. The van der Waals surface area contributed by atoms with E-state index in [0.29, 0.717) is 0 Å². The first-order valence-corrected chi connectivity index (χ1v) is 8.40. The van der Waals surface area contributed by atoms with Gasteiger partial charge < -0.3 is 10.4 Å². The van der Waals surface area contributed by atoms with E-state index in [1.54, 1.807) is 0 Å². The maximum Gasteiger partial charge on any atom is 0.0667 e. The molecule has 0 amide bonds. The Labute approximate surface area is 110 Å². The maximum absolute atomic E-state index is 9.97. The van der Waals surface area contributed by atoms with Gasteiger partial charge in [-0.15, -0.1) is 0 Å². The first kappa shape index (κ1) is 13.7. The highest BCUT2D eigenvalue weighted by Gasteiger charge is 2.19. The van der Waals surface area contributed by atoms with Gasteiger partial charge in [0.25, 0.3) is 0 Å². The monoisotopic (exact) mass is 257 g/mol. The van der Waals surface area contributed by atoms with Gasteiger partial charge in [-0.05, 0) is 30.9 Å². The fourth-order valence-corrected chi connectivity index (χ4v) is 4.37. The van der Waals surface area contributed by atoms with Gasteiger partial charge in [0.1, 0.15) is 0 Å². The normalized spacial score (nSPS) is 28.4. The molecule has 2 aliphatic rings. The van der Waals surface area contributed by atoms with E-state index in [1.807, 2.05) is 0 Å². The van der Waals surface area contributed by atoms with Crippen molar-refractivity contribution in [2.24, 2.45) is 5.92 Å². The van der Waals surface area contributed by atoms with E-state index in [9.17, 15) is 5.11 Å². The van der Waals surface area contributed by atoms with Crippen LogP contribution >= 0.6 is 11.8 Å². The van der Waals surface area contributed by atoms with E-state index in [1.165, 1.54) is 50.7 Å². The van der Waals surface area contributed by atoms with Crippen LogP contribution in [0.5, 0.6) is 0 Å². The minimum Gasteiger partial charge on any atom is -0.392 e. The standard InChI is InChI=1S/C14H27NOS/c16-13(9-12-5-1-2-6-12)10-15-11-14-7-3-4-8-17-14/h12-16H,1-11H2. The molecule has 1 heterocycles. The minimum absolute atomic E-state index is 0.119. The van der Waals surface area contributed by atoms with Gasteiger partial charge in [-0.2, -0.15) is 11.8 Å². The Morgan fingerprint density at radius 1 is 1.12 bits per heavy atom. The van der Waals surface area contributed by atoms with Crippen LogP contribution in [-0.4, -0.2) is 35.3 Å². The van der Waals surface area contributed by atoms with Crippen LogP contribution in [0.2, 0.25) is 0 Å². The molecule has 2 N–H and O–H groups in total. The van der Waals surface area contributed by atoms with Crippen molar-refractivity contribution in [1.82, 2.24) is 5.32 Å². The van der Waals surface area contributed by atoms with Crippen LogP contribution in [0.25, 0.3) is 0 Å². The van der Waals surface area contributed by atoms with Crippen molar-refractivity contribution in [2.75, 3.05) is 18.8 Å². The Balaban J connectivity index is 1.51. The van der Waals surface area contributed by atoms with Crippen LogP contribution < -0.4 is 5.32 Å². The summed E-state index contributed by atoms with van der Waals surface area (Å²) in [5.74, 6) is 2.13. The molecule has 0 bridgehead atoms. The molecule has 0 aromatic carbocycles. The Hall–Kier alpha value is 0.270. The molecule has 17 heavy (non-hydrogen) atoms. The number of aliphatic hydroxyl groups excluding tert-OH is 1. The molecule has 0 aromatic rings. The molecular weight excluding hydrogens is 230 g/mol. The smallest absolute Gasteiger partial charge is 0.0667 e. The number of rotatable bonds is 6. The number of aliphatic hydroxyl groups is 1. The summed E-state index contributed by atoms with van der Waals surface area (Å²) in [7, 11) is 0. The zero-order valence-electron chi connectivity index (χ0n) is 10.9. The SMILES string of the molecule is OC(CNCC1CCCCS1)CC1CCCC1. The fraction of sp³-hybridized carbons (Fsp3) is 1.00.